The van der Waals surface area contributed by atoms with Crippen molar-refractivity contribution in [3.05, 3.63) is 23.9 Å². The van der Waals surface area contributed by atoms with Gasteiger partial charge in [-0.15, -0.1) is 0 Å². The first-order chi connectivity index (χ1) is 7.59. The van der Waals surface area contributed by atoms with Crippen LogP contribution in [-0.2, 0) is 0 Å². The number of aromatic nitrogens is 1. The number of carbonyl (C=O) groups excluding carboxylic acids is 1. The summed E-state index contributed by atoms with van der Waals surface area (Å²) in [7, 11) is 4.00. The molecular formula is C11H16N3O2. The molecule has 0 unspecified atom stereocenters. The van der Waals surface area contributed by atoms with E-state index in [0.717, 1.165) is 13.0 Å². The third-order valence-corrected chi connectivity index (χ3v) is 1.90. The van der Waals surface area contributed by atoms with Crippen LogP contribution in [0.1, 0.15) is 16.9 Å². The zero-order valence-electron chi connectivity index (χ0n) is 9.56. The van der Waals surface area contributed by atoms with Gasteiger partial charge in [0.1, 0.15) is 5.69 Å². The van der Waals surface area contributed by atoms with Crippen molar-refractivity contribution < 1.29 is 9.53 Å². The molecular weight excluding hydrogens is 206 g/mol. The number of nitrogens with zero attached hydrogens (tertiary/aromatic N) is 2. The zero-order chi connectivity index (χ0) is 12.0. The van der Waals surface area contributed by atoms with E-state index in [1.807, 2.05) is 14.1 Å². The Morgan fingerprint density at radius 1 is 1.62 bits per heavy atom. The highest BCUT2D eigenvalue weighted by Gasteiger charge is 2.03. The minimum Gasteiger partial charge on any atom is -0.478 e. The topological polar surface area (TPSA) is 68.5 Å². The van der Waals surface area contributed by atoms with Crippen LogP contribution in [0.15, 0.2) is 12.1 Å². The van der Waals surface area contributed by atoms with E-state index in [1.54, 1.807) is 12.1 Å². The van der Waals surface area contributed by atoms with Gasteiger partial charge < -0.3 is 15.4 Å². The molecule has 0 atom stereocenters. The maximum absolute atomic E-state index is 10.8. The molecule has 1 heterocycles. The Morgan fingerprint density at radius 2 is 2.38 bits per heavy atom. The highest BCUT2D eigenvalue weighted by Crippen LogP contribution is 2.06. The molecule has 0 aromatic carbocycles. The molecule has 2 N–H and O–H groups in total. The van der Waals surface area contributed by atoms with Gasteiger partial charge >= 0.3 is 0 Å². The Labute approximate surface area is 95.2 Å². The lowest BCUT2D eigenvalue weighted by Crippen LogP contribution is -2.16. The summed E-state index contributed by atoms with van der Waals surface area (Å²) in [6, 6.07) is 5.88. The van der Waals surface area contributed by atoms with E-state index in [-0.39, 0.29) is 5.69 Å². The predicted molar refractivity (Wildman–Crippen MR) is 60.3 cm³/mol. The average Bonchev–Trinajstić information content (AvgIpc) is 2.24. The number of primary amides is 1. The average molecular weight is 222 g/mol. The molecule has 1 aromatic rings. The van der Waals surface area contributed by atoms with Crippen molar-refractivity contribution in [2.45, 2.75) is 6.42 Å². The molecule has 1 rings (SSSR count). The van der Waals surface area contributed by atoms with E-state index in [0.29, 0.717) is 12.5 Å². The Balaban J connectivity index is 2.42. The molecule has 0 saturated carbocycles. The van der Waals surface area contributed by atoms with Gasteiger partial charge in [-0.2, -0.15) is 0 Å². The van der Waals surface area contributed by atoms with Crippen molar-refractivity contribution in [3.8, 4) is 5.88 Å². The minimum atomic E-state index is -0.598. The number of carbonyl (C=O) groups is 1. The Morgan fingerprint density at radius 3 is 3.00 bits per heavy atom. The van der Waals surface area contributed by atoms with Gasteiger partial charge in [-0.3, -0.25) is 4.79 Å². The van der Waals surface area contributed by atoms with Crippen LogP contribution in [0.2, 0.25) is 0 Å². The van der Waals surface area contributed by atoms with E-state index in [1.165, 1.54) is 0 Å². The van der Waals surface area contributed by atoms with Crippen molar-refractivity contribution in [1.82, 2.24) is 9.88 Å². The van der Waals surface area contributed by atoms with Gasteiger partial charge in [0.15, 0.2) is 0 Å². The van der Waals surface area contributed by atoms with E-state index in [4.69, 9.17) is 10.5 Å². The summed E-state index contributed by atoms with van der Waals surface area (Å²) in [6.07, 6.45) is 0.902. The summed E-state index contributed by atoms with van der Waals surface area (Å²) in [6.45, 7) is 1.51. The first-order valence-electron chi connectivity index (χ1n) is 5.05. The molecule has 0 saturated heterocycles. The highest BCUT2D eigenvalue weighted by molar-refractivity contribution is 5.90. The Bertz CT molecular complexity index is 353. The molecule has 0 fully saturated rings. The molecule has 1 radical (unpaired) electrons. The van der Waals surface area contributed by atoms with Gasteiger partial charge in [0.2, 0.25) is 5.88 Å². The standard InChI is InChI=1S/C11H16N3O2/c1-14(2)7-4-8-16-10-6-3-5-9(13-10)11(12)15/h3,6H,4,7-8H2,1-2H3,(H2,12,15). The van der Waals surface area contributed by atoms with Gasteiger partial charge in [0.05, 0.1) is 6.61 Å². The lowest BCUT2D eigenvalue weighted by molar-refractivity contribution is 0.0994. The number of amides is 1. The molecule has 5 nitrogen and oxygen atoms in total. The number of ether oxygens (including phenoxy) is 1. The Hall–Kier alpha value is -1.62. The van der Waals surface area contributed by atoms with Gasteiger partial charge in [0.25, 0.3) is 5.91 Å². The van der Waals surface area contributed by atoms with Crippen molar-refractivity contribution in [2.75, 3.05) is 27.2 Å². The van der Waals surface area contributed by atoms with Crippen LogP contribution in [0.25, 0.3) is 0 Å². The number of hydrogen-bond donors (Lipinski definition) is 1. The van der Waals surface area contributed by atoms with E-state index in [2.05, 4.69) is 16.0 Å². The number of rotatable bonds is 6. The van der Waals surface area contributed by atoms with Crippen LogP contribution in [0, 0.1) is 6.07 Å². The number of nitrogens with two attached hydrogens (primary N) is 1. The van der Waals surface area contributed by atoms with Crippen molar-refractivity contribution in [2.24, 2.45) is 5.73 Å². The molecule has 1 amide bonds. The molecule has 16 heavy (non-hydrogen) atoms. The van der Waals surface area contributed by atoms with E-state index < -0.39 is 5.91 Å². The summed E-state index contributed by atoms with van der Waals surface area (Å²) < 4.78 is 5.38. The van der Waals surface area contributed by atoms with Crippen molar-refractivity contribution in [1.29, 1.82) is 0 Å². The minimum absolute atomic E-state index is 0.102. The van der Waals surface area contributed by atoms with Crippen LogP contribution in [0.5, 0.6) is 5.88 Å². The molecule has 0 aliphatic heterocycles. The second-order valence-electron chi connectivity index (χ2n) is 3.65. The molecule has 87 valence electrons. The van der Waals surface area contributed by atoms with Crippen molar-refractivity contribution >= 4 is 5.91 Å². The fourth-order valence-corrected chi connectivity index (χ4v) is 1.14. The fraction of sp³-hybridized carbons (Fsp3) is 0.455. The van der Waals surface area contributed by atoms with Crippen molar-refractivity contribution in [3.63, 3.8) is 0 Å². The summed E-state index contributed by atoms with van der Waals surface area (Å²) in [5, 5.41) is 0. The summed E-state index contributed by atoms with van der Waals surface area (Å²) in [4.78, 5) is 16.8. The highest BCUT2D eigenvalue weighted by atomic mass is 16.5. The number of pyridine rings is 1. The smallest absolute Gasteiger partial charge is 0.268 e. The number of hydrogen-bond acceptors (Lipinski definition) is 4. The molecule has 0 aliphatic carbocycles. The zero-order valence-corrected chi connectivity index (χ0v) is 9.56. The fourth-order valence-electron chi connectivity index (χ4n) is 1.14. The predicted octanol–water partition coefficient (Wildman–Crippen LogP) is 0.311. The third-order valence-electron chi connectivity index (χ3n) is 1.90. The molecule has 5 heteroatoms. The maximum atomic E-state index is 10.8. The largest absolute Gasteiger partial charge is 0.478 e. The second kappa shape index (κ2) is 6.07. The molecule has 0 spiro atoms. The lowest BCUT2D eigenvalue weighted by Gasteiger charge is -2.09. The van der Waals surface area contributed by atoms with E-state index >= 15 is 0 Å². The van der Waals surface area contributed by atoms with Crippen LogP contribution in [0.4, 0.5) is 0 Å². The van der Waals surface area contributed by atoms with Crippen LogP contribution in [0.3, 0.4) is 0 Å². The first kappa shape index (κ1) is 12.4. The van der Waals surface area contributed by atoms with Gasteiger partial charge in [0, 0.05) is 18.7 Å². The lowest BCUT2D eigenvalue weighted by atomic mass is 10.3. The van der Waals surface area contributed by atoms with Gasteiger partial charge in [-0.1, -0.05) is 0 Å². The van der Waals surface area contributed by atoms with Crippen LogP contribution < -0.4 is 10.5 Å². The molecule has 0 aliphatic rings. The van der Waals surface area contributed by atoms with Gasteiger partial charge in [-0.05, 0) is 26.6 Å². The first-order valence-corrected chi connectivity index (χ1v) is 5.05. The Kier molecular flexibility index (Phi) is 4.72. The molecule has 1 aromatic heterocycles. The second-order valence-corrected chi connectivity index (χ2v) is 3.65. The monoisotopic (exact) mass is 222 g/mol. The molecule has 0 bridgehead atoms. The summed E-state index contributed by atoms with van der Waals surface area (Å²) >= 11 is 0. The summed E-state index contributed by atoms with van der Waals surface area (Å²) in [5.74, 6) is -0.190. The van der Waals surface area contributed by atoms with E-state index in [9.17, 15) is 4.79 Å². The normalized spacial score (nSPS) is 10.4. The van der Waals surface area contributed by atoms with Crippen LogP contribution in [-0.4, -0.2) is 43.0 Å². The quantitative estimate of drug-likeness (QED) is 0.703. The maximum Gasteiger partial charge on any atom is 0.268 e. The van der Waals surface area contributed by atoms with Crippen LogP contribution >= 0.6 is 0 Å². The SMILES string of the molecule is CN(C)CCCOc1cc[c]c(C(N)=O)n1. The third kappa shape index (κ3) is 4.27. The summed E-state index contributed by atoms with van der Waals surface area (Å²) in [5.41, 5.74) is 5.18. The van der Waals surface area contributed by atoms with Gasteiger partial charge in [-0.25, -0.2) is 4.98 Å².